The Balaban J connectivity index is 2.47. The SMILES string of the molecule is Cc1cc(N)cc(S(=O)(=O)Nc2c(F)cc(F)cc2Cl)c1. The molecule has 0 bridgehead atoms. The Bertz CT molecular complexity index is 767. The molecular formula is C13H11ClF2N2O2S. The molecule has 0 atom stereocenters. The maximum atomic E-state index is 13.6. The van der Waals surface area contributed by atoms with Crippen molar-refractivity contribution in [3.8, 4) is 0 Å². The van der Waals surface area contributed by atoms with Gasteiger partial charge in [0.1, 0.15) is 11.5 Å². The Kier molecular flexibility index (Phi) is 4.06. The van der Waals surface area contributed by atoms with Crippen LogP contribution in [0, 0.1) is 18.6 Å². The number of nitrogens with two attached hydrogens (primary N) is 1. The summed E-state index contributed by atoms with van der Waals surface area (Å²) in [6.45, 7) is 1.67. The van der Waals surface area contributed by atoms with Gasteiger partial charge in [-0.3, -0.25) is 4.72 Å². The molecular weight excluding hydrogens is 322 g/mol. The van der Waals surface area contributed by atoms with Gasteiger partial charge in [0.25, 0.3) is 10.0 Å². The average Bonchev–Trinajstić information content (AvgIpc) is 2.32. The van der Waals surface area contributed by atoms with Crippen molar-refractivity contribution in [3.63, 3.8) is 0 Å². The van der Waals surface area contributed by atoms with Crippen LogP contribution in [0.15, 0.2) is 35.2 Å². The van der Waals surface area contributed by atoms with E-state index in [9.17, 15) is 17.2 Å². The highest BCUT2D eigenvalue weighted by Gasteiger charge is 2.20. The Hall–Kier alpha value is -1.86. The highest BCUT2D eigenvalue weighted by Crippen LogP contribution is 2.29. The molecule has 0 saturated carbocycles. The number of rotatable bonds is 3. The Morgan fingerprint density at radius 1 is 1.14 bits per heavy atom. The summed E-state index contributed by atoms with van der Waals surface area (Å²) < 4.78 is 53.0. The van der Waals surface area contributed by atoms with E-state index in [1.807, 2.05) is 4.72 Å². The standard InChI is InChI=1S/C13H11ClF2N2O2S/c1-7-2-9(17)6-10(3-7)21(19,20)18-13-11(14)4-8(15)5-12(13)16/h2-6,18H,17H2,1H3. The summed E-state index contributed by atoms with van der Waals surface area (Å²) in [6.07, 6.45) is 0. The van der Waals surface area contributed by atoms with Crippen molar-refractivity contribution in [1.29, 1.82) is 0 Å². The van der Waals surface area contributed by atoms with E-state index in [0.717, 1.165) is 6.07 Å². The van der Waals surface area contributed by atoms with Crippen LogP contribution in [-0.2, 0) is 10.0 Å². The summed E-state index contributed by atoms with van der Waals surface area (Å²) >= 11 is 5.66. The molecule has 0 aliphatic heterocycles. The Labute approximate surface area is 125 Å². The molecule has 8 heteroatoms. The van der Waals surface area contributed by atoms with Crippen molar-refractivity contribution >= 4 is 33.0 Å². The minimum atomic E-state index is -4.09. The van der Waals surface area contributed by atoms with Crippen molar-refractivity contribution in [2.75, 3.05) is 10.5 Å². The molecule has 2 aromatic rings. The predicted octanol–water partition coefficient (Wildman–Crippen LogP) is 3.31. The van der Waals surface area contributed by atoms with Gasteiger partial charge in [0, 0.05) is 11.8 Å². The number of halogens is 3. The average molecular weight is 333 g/mol. The van der Waals surface area contributed by atoms with Gasteiger partial charge < -0.3 is 5.73 Å². The first-order valence-corrected chi connectivity index (χ1v) is 7.60. The molecule has 0 amide bonds. The number of sulfonamides is 1. The predicted molar refractivity (Wildman–Crippen MR) is 77.8 cm³/mol. The van der Waals surface area contributed by atoms with Crippen molar-refractivity contribution in [1.82, 2.24) is 0 Å². The number of nitrogen functional groups attached to an aromatic ring is 1. The van der Waals surface area contributed by atoms with Gasteiger partial charge >= 0.3 is 0 Å². The lowest BCUT2D eigenvalue weighted by Crippen LogP contribution is -2.15. The van der Waals surface area contributed by atoms with Crippen LogP contribution >= 0.6 is 11.6 Å². The van der Waals surface area contributed by atoms with Gasteiger partial charge in [-0.2, -0.15) is 0 Å². The molecule has 112 valence electrons. The quantitative estimate of drug-likeness (QED) is 0.847. The molecule has 2 rings (SSSR count). The molecule has 0 aromatic heterocycles. The van der Waals surface area contributed by atoms with Crippen LogP contribution in [0.5, 0.6) is 0 Å². The molecule has 21 heavy (non-hydrogen) atoms. The van der Waals surface area contributed by atoms with Crippen LogP contribution in [0.25, 0.3) is 0 Å². The lowest BCUT2D eigenvalue weighted by Gasteiger charge is -2.11. The maximum absolute atomic E-state index is 13.6. The summed E-state index contributed by atoms with van der Waals surface area (Å²) in [5, 5.41) is -0.378. The first-order valence-electron chi connectivity index (χ1n) is 5.73. The molecule has 0 aliphatic rings. The number of hydrogen-bond donors (Lipinski definition) is 2. The second-order valence-electron chi connectivity index (χ2n) is 4.43. The first kappa shape index (κ1) is 15.5. The topological polar surface area (TPSA) is 72.2 Å². The Morgan fingerprint density at radius 2 is 1.81 bits per heavy atom. The fraction of sp³-hybridized carbons (Fsp3) is 0.0769. The number of anilines is 2. The summed E-state index contributed by atoms with van der Waals surface area (Å²) in [6, 6.07) is 5.53. The third-order valence-corrected chi connectivity index (χ3v) is 4.25. The largest absolute Gasteiger partial charge is 0.399 e. The minimum absolute atomic E-state index is 0.139. The van der Waals surface area contributed by atoms with Crippen LogP contribution in [0.3, 0.4) is 0 Å². The van der Waals surface area contributed by atoms with E-state index < -0.39 is 27.3 Å². The third kappa shape index (κ3) is 3.43. The molecule has 0 unspecified atom stereocenters. The molecule has 0 aliphatic carbocycles. The number of hydrogen-bond acceptors (Lipinski definition) is 3. The Morgan fingerprint density at radius 3 is 2.38 bits per heavy atom. The second kappa shape index (κ2) is 5.50. The molecule has 2 aromatic carbocycles. The van der Waals surface area contributed by atoms with Crippen LogP contribution < -0.4 is 10.5 Å². The third-order valence-electron chi connectivity index (χ3n) is 2.63. The summed E-state index contributed by atoms with van der Waals surface area (Å²) in [7, 11) is -4.09. The fourth-order valence-electron chi connectivity index (χ4n) is 1.76. The van der Waals surface area contributed by atoms with Crippen molar-refractivity contribution < 1.29 is 17.2 Å². The van der Waals surface area contributed by atoms with Crippen LogP contribution in [0.4, 0.5) is 20.2 Å². The molecule has 0 fully saturated rings. The van der Waals surface area contributed by atoms with Gasteiger partial charge in [-0.25, -0.2) is 17.2 Å². The van der Waals surface area contributed by atoms with Gasteiger partial charge in [0.05, 0.1) is 9.92 Å². The normalized spacial score (nSPS) is 11.4. The molecule has 0 spiro atoms. The molecule has 0 saturated heterocycles. The zero-order valence-electron chi connectivity index (χ0n) is 10.8. The van der Waals surface area contributed by atoms with Crippen molar-refractivity contribution in [2.45, 2.75) is 11.8 Å². The van der Waals surface area contributed by atoms with Crippen LogP contribution in [0.2, 0.25) is 5.02 Å². The zero-order valence-corrected chi connectivity index (χ0v) is 12.4. The van der Waals surface area contributed by atoms with Gasteiger partial charge in [-0.05, 0) is 36.8 Å². The molecule has 3 N–H and O–H groups in total. The smallest absolute Gasteiger partial charge is 0.262 e. The van der Waals surface area contributed by atoms with E-state index >= 15 is 0 Å². The van der Waals surface area contributed by atoms with E-state index in [2.05, 4.69) is 0 Å². The van der Waals surface area contributed by atoms with Crippen molar-refractivity contribution in [3.05, 3.63) is 52.6 Å². The highest BCUT2D eigenvalue weighted by molar-refractivity contribution is 7.92. The first-order chi connectivity index (χ1) is 9.69. The summed E-state index contributed by atoms with van der Waals surface area (Å²) in [5.41, 5.74) is 5.95. The van der Waals surface area contributed by atoms with E-state index in [0.29, 0.717) is 11.6 Å². The summed E-state index contributed by atoms with van der Waals surface area (Å²) in [5.74, 6) is -2.01. The lowest BCUT2D eigenvalue weighted by molar-refractivity contribution is 0.583. The number of nitrogens with one attached hydrogen (secondary N) is 1. The maximum Gasteiger partial charge on any atom is 0.262 e. The highest BCUT2D eigenvalue weighted by atomic mass is 35.5. The monoisotopic (exact) mass is 332 g/mol. The molecule has 4 nitrogen and oxygen atoms in total. The zero-order chi connectivity index (χ0) is 15.8. The van der Waals surface area contributed by atoms with Gasteiger partial charge in [0.2, 0.25) is 0 Å². The van der Waals surface area contributed by atoms with Crippen LogP contribution in [-0.4, -0.2) is 8.42 Å². The molecule has 0 radical (unpaired) electrons. The minimum Gasteiger partial charge on any atom is -0.399 e. The number of aryl methyl sites for hydroxylation is 1. The van der Waals surface area contributed by atoms with Gasteiger partial charge in [-0.1, -0.05) is 11.6 Å². The number of benzene rings is 2. The van der Waals surface area contributed by atoms with Gasteiger partial charge in [-0.15, -0.1) is 0 Å². The van der Waals surface area contributed by atoms with Gasteiger partial charge in [0.15, 0.2) is 5.82 Å². The van der Waals surface area contributed by atoms with Crippen molar-refractivity contribution in [2.24, 2.45) is 0 Å². The van der Waals surface area contributed by atoms with Crippen LogP contribution in [0.1, 0.15) is 5.56 Å². The van der Waals surface area contributed by atoms with E-state index in [-0.39, 0.29) is 15.6 Å². The lowest BCUT2D eigenvalue weighted by atomic mass is 10.2. The fourth-order valence-corrected chi connectivity index (χ4v) is 3.29. The van der Waals surface area contributed by atoms with E-state index in [1.165, 1.54) is 12.1 Å². The van der Waals surface area contributed by atoms with E-state index in [1.54, 1.807) is 13.0 Å². The summed E-state index contributed by atoms with van der Waals surface area (Å²) in [4.78, 5) is -0.139. The molecule has 0 heterocycles. The second-order valence-corrected chi connectivity index (χ2v) is 6.52. The van der Waals surface area contributed by atoms with E-state index in [4.69, 9.17) is 17.3 Å².